The number of esters is 2. The Morgan fingerprint density at radius 2 is 1.73 bits per heavy atom. The summed E-state index contributed by atoms with van der Waals surface area (Å²) < 4.78 is 36.8. The summed E-state index contributed by atoms with van der Waals surface area (Å²) in [5.41, 5.74) is 5.83. The van der Waals surface area contributed by atoms with Crippen molar-refractivity contribution < 1.29 is 27.5 Å². The van der Waals surface area contributed by atoms with Gasteiger partial charge in [-0.25, -0.2) is 18.0 Å². The van der Waals surface area contributed by atoms with E-state index in [1.54, 1.807) is 0 Å². The number of carbonyl (C=O) groups is 2. The molecule has 0 aromatic heterocycles. The van der Waals surface area contributed by atoms with Crippen molar-refractivity contribution in [2.24, 2.45) is 11.7 Å². The van der Waals surface area contributed by atoms with Crippen LogP contribution < -0.4 is 5.73 Å². The summed E-state index contributed by atoms with van der Waals surface area (Å²) in [5, 5.41) is 0. The third-order valence-electron chi connectivity index (χ3n) is 4.67. The predicted molar refractivity (Wildman–Crippen MR) is 94.3 cm³/mol. The first-order valence-electron chi connectivity index (χ1n) is 8.28. The Kier molecular flexibility index (Phi) is 6.38. The van der Waals surface area contributed by atoms with Crippen molar-refractivity contribution in [2.75, 3.05) is 27.3 Å². The topological polar surface area (TPSA) is 116 Å². The minimum Gasteiger partial charge on any atom is -0.465 e. The highest BCUT2D eigenvalue weighted by atomic mass is 32.2. The Hall–Kier alpha value is -1.97. The van der Waals surface area contributed by atoms with Crippen LogP contribution in [0.25, 0.3) is 0 Å². The van der Waals surface area contributed by atoms with Gasteiger partial charge in [0.25, 0.3) is 0 Å². The molecule has 1 aromatic rings. The number of nitrogens with two attached hydrogens (primary N) is 1. The summed E-state index contributed by atoms with van der Waals surface area (Å²) in [6.07, 6.45) is 1.28. The van der Waals surface area contributed by atoms with Gasteiger partial charge in [-0.3, -0.25) is 0 Å². The smallest absolute Gasteiger partial charge is 0.339 e. The fraction of sp³-hybridized carbons (Fsp3) is 0.529. The van der Waals surface area contributed by atoms with Crippen LogP contribution in [0.1, 0.15) is 40.5 Å². The Bertz CT molecular complexity index is 782. The van der Waals surface area contributed by atoms with Gasteiger partial charge in [0.05, 0.1) is 30.2 Å². The molecule has 0 amide bonds. The van der Waals surface area contributed by atoms with Crippen molar-refractivity contribution in [3.8, 4) is 0 Å². The van der Waals surface area contributed by atoms with E-state index in [1.807, 2.05) is 6.92 Å². The number of nitrogens with zero attached hydrogens (tertiary/aromatic N) is 1. The Morgan fingerprint density at radius 3 is 2.23 bits per heavy atom. The summed E-state index contributed by atoms with van der Waals surface area (Å²) in [7, 11) is -1.61. The quantitative estimate of drug-likeness (QED) is 0.753. The van der Waals surface area contributed by atoms with Crippen molar-refractivity contribution in [1.29, 1.82) is 0 Å². The largest absolute Gasteiger partial charge is 0.465 e. The van der Waals surface area contributed by atoms with Crippen LogP contribution in [-0.4, -0.2) is 58.0 Å². The molecule has 1 atom stereocenters. The average molecular weight is 384 g/mol. The van der Waals surface area contributed by atoms with E-state index in [9.17, 15) is 18.0 Å². The van der Waals surface area contributed by atoms with Crippen molar-refractivity contribution in [1.82, 2.24) is 4.31 Å². The lowest BCUT2D eigenvalue weighted by atomic mass is 9.92. The van der Waals surface area contributed by atoms with E-state index < -0.39 is 22.0 Å². The van der Waals surface area contributed by atoms with Crippen LogP contribution in [0, 0.1) is 5.92 Å². The summed E-state index contributed by atoms with van der Waals surface area (Å²) in [6.45, 7) is 2.51. The van der Waals surface area contributed by atoms with E-state index in [2.05, 4.69) is 9.47 Å². The number of methoxy groups -OCH3 is 2. The first-order chi connectivity index (χ1) is 12.2. The van der Waals surface area contributed by atoms with E-state index in [0.717, 1.165) is 6.07 Å². The maximum absolute atomic E-state index is 13.1. The number of carbonyl (C=O) groups excluding carboxylic acids is 2. The van der Waals surface area contributed by atoms with Crippen molar-refractivity contribution >= 4 is 22.0 Å². The number of benzene rings is 1. The van der Waals surface area contributed by atoms with Gasteiger partial charge < -0.3 is 15.2 Å². The van der Waals surface area contributed by atoms with Gasteiger partial charge in [-0.2, -0.15) is 4.31 Å². The summed E-state index contributed by atoms with van der Waals surface area (Å²) in [5.74, 6) is -1.22. The van der Waals surface area contributed by atoms with Gasteiger partial charge in [0.15, 0.2) is 0 Å². The third-order valence-corrected chi connectivity index (χ3v) is 6.61. The fourth-order valence-corrected chi connectivity index (χ4v) is 4.72. The molecule has 9 heteroatoms. The molecule has 1 heterocycles. The molecule has 0 bridgehead atoms. The monoisotopic (exact) mass is 384 g/mol. The van der Waals surface area contributed by atoms with E-state index >= 15 is 0 Å². The molecule has 0 saturated carbocycles. The van der Waals surface area contributed by atoms with Crippen LogP contribution >= 0.6 is 0 Å². The summed E-state index contributed by atoms with van der Waals surface area (Å²) >= 11 is 0. The second kappa shape index (κ2) is 8.15. The molecular formula is C17H24N2O6S. The van der Waals surface area contributed by atoms with Crippen LogP contribution in [0.4, 0.5) is 0 Å². The van der Waals surface area contributed by atoms with E-state index in [1.165, 1.54) is 30.7 Å². The second-order valence-electron chi connectivity index (χ2n) is 6.29. The molecule has 144 valence electrons. The van der Waals surface area contributed by atoms with Crippen LogP contribution in [0.15, 0.2) is 23.1 Å². The molecule has 0 radical (unpaired) electrons. The standard InChI is InChI=1S/C17H24N2O6S/c1-11(18)12-6-8-19(9-7-12)26(22,23)15-10-13(16(20)24-2)4-5-14(15)17(21)25-3/h4-5,10-12H,6-9,18H2,1-3H3. The lowest BCUT2D eigenvalue weighted by Gasteiger charge is -2.33. The normalized spacial score (nSPS) is 17.5. The van der Waals surface area contributed by atoms with Gasteiger partial charge in [0.1, 0.15) is 0 Å². The van der Waals surface area contributed by atoms with Crippen LogP contribution in [0.3, 0.4) is 0 Å². The molecule has 8 nitrogen and oxygen atoms in total. The molecule has 0 spiro atoms. The summed E-state index contributed by atoms with van der Waals surface area (Å²) in [4.78, 5) is 23.5. The van der Waals surface area contributed by atoms with E-state index in [-0.39, 0.29) is 28.0 Å². The fourth-order valence-electron chi connectivity index (χ4n) is 3.04. The maximum atomic E-state index is 13.1. The third kappa shape index (κ3) is 4.05. The van der Waals surface area contributed by atoms with Crippen molar-refractivity contribution in [3.05, 3.63) is 29.3 Å². The number of sulfonamides is 1. The summed E-state index contributed by atoms with van der Waals surface area (Å²) in [6, 6.07) is 3.75. The minimum absolute atomic E-state index is 0.00636. The molecule has 1 unspecified atom stereocenters. The number of ether oxygens (including phenoxy) is 2. The molecule has 2 N–H and O–H groups in total. The Morgan fingerprint density at radius 1 is 1.15 bits per heavy atom. The number of hydrogen-bond donors (Lipinski definition) is 1. The maximum Gasteiger partial charge on any atom is 0.339 e. The van der Waals surface area contributed by atoms with Crippen molar-refractivity contribution in [2.45, 2.75) is 30.7 Å². The number of hydrogen-bond acceptors (Lipinski definition) is 7. The number of rotatable bonds is 5. The van der Waals surface area contributed by atoms with Gasteiger partial charge in [-0.05, 0) is 43.9 Å². The average Bonchev–Trinajstić information content (AvgIpc) is 2.66. The first kappa shape index (κ1) is 20.3. The zero-order valence-electron chi connectivity index (χ0n) is 15.1. The zero-order chi connectivity index (χ0) is 19.5. The van der Waals surface area contributed by atoms with Crippen LogP contribution in [0.5, 0.6) is 0 Å². The molecule has 1 aromatic carbocycles. The Labute approximate surface area is 153 Å². The molecule has 0 aliphatic carbocycles. The van der Waals surface area contributed by atoms with Gasteiger partial charge in [-0.1, -0.05) is 0 Å². The lowest BCUT2D eigenvalue weighted by Crippen LogP contribution is -2.42. The van der Waals surface area contributed by atoms with Gasteiger partial charge in [0, 0.05) is 19.1 Å². The van der Waals surface area contributed by atoms with Crippen LogP contribution in [0.2, 0.25) is 0 Å². The molecule has 26 heavy (non-hydrogen) atoms. The van der Waals surface area contributed by atoms with Crippen LogP contribution in [-0.2, 0) is 19.5 Å². The highest BCUT2D eigenvalue weighted by molar-refractivity contribution is 7.89. The second-order valence-corrected chi connectivity index (χ2v) is 8.20. The van der Waals surface area contributed by atoms with Gasteiger partial charge in [0.2, 0.25) is 10.0 Å². The first-order valence-corrected chi connectivity index (χ1v) is 9.72. The lowest BCUT2D eigenvalue weighted by molar-refractivity contribution is 0.0583. The zero-order valence-corrected chi connectivity index (χ0v) is 15.9. The van der Waals surface area contributed by atoms with E-state index in [0.29, 0.717) is 25.9 Å². The molecule has 1 saturated heterocycles. The Balaban J connectivity index is 2.43. The molecule has 1 aliphatic heterocycles. The molecule has 2 rings (SSSR count). The van der Waals surface area contributed by atoms with Crippen molar-refractivity contribution in [3.63, 3.8) is 0 Å². The molecular weight excluding hydrogens is 360 g/mol. The van der Waals surface area contributed by atoms with Gasteiger partial charge >= 0.3 is 11.9 Å². The molecule has 1 fully saturated rings. The van der Waals surface area contributed by atoms with E-state index in [4.69, 9.17) is 5.73 Å². The van der Waals surface area contributed by atoms with Gasteiger partial charge in [-0.15, -0.1) is 0 Å². The molecule has 1 aliphatic rings. The predicted octanol–water partition coefficient (Wildman–Crippen LogP) is 1.01. The highest BCUT2D eigenvalue weighted by Gasteiger charge is 2.34. The minimum atomic E-state index is -3.98. The highest BCUT2D eigenvalue weighted by Crippen LogP contribution is 2.28. The SMILES string of the molecule is COC(=O)c1ccc(C(=O)OC)c(S(=O)(=O)N2CCC(C(C)N)CC2)c1. The number of piperidine rings is 1.